The number of rotatable bonds is 3. The lowest BCUT2D eigenvalue weighted by atomic mass is 10.1. The first kappa shape index (κ1) is 17.8. The SMILES string of the molecule is CN(C(=O)C(=O)Nc1ccc(N2CCCCC2)cc1)c1ccc(O)cc1. The van der Waals surface area contributed by atoms with Crippen LogP contribution in [0.15, 0.2) is 48.5 Å². The Balaban J connectivity index is 1.61. The highest BCUT2D eigenvalue weighted by molar-refractivity contribution is 6.44. The van der Waals surface area contributed by atoms with E-state index in [0.29, 0.717) is 11.4 Å². The predicted octanol–water partition coefficient (Wildman–Crippen LogP) is 2.98. The van der Waals surface area contributed by atoms with Crippen LogP contribution >= 0.6 is 0 Å². The van der Waals surface area contributed by atoms with Gasteiger partial charge in [-0.1, -0.05) is 0 Å². The Hall–Kier alpha value is -3.02. The molecular weight excluding hydrogens is 330 g/mol. The van der Waals surface area contributed by atoms with Crippen LogP contribution in [0.3, 0.4) is 0 Å². The smallest absolute Gasteiger partial charge is 0.316 e. The van der Waals surface area contributed by atoms with E-state index in [1.165, 1.54) is 43.3 Å². The second kappa shape index (κ2) is 7.91. The molecule has 2 aromatic rings. The Labute approximate surface area is 153 Å². The van der Waals surface area contributed by atoms with E-state index in [1.807, 2.05) is 24.3 Å². The number of phenolic OH excluding ortho intramolecular Hbond substituents is 1. The monoisotopic (exact) mass is 353 g/mol. The number of anilines is 3. The van der Waals surface area contributed by atoms with Crippen LogP contribution in [-0.4, -0.2) is 37.1 Å². The predicted molar refractivity (Wildman–Crippen MR) is 103 cm³/mol. The molecule has 0 saturated carbocycles. The second-order valence-electron chi connectivity index (χ2n) is 6.43. The van der Waals surface area contributed by atoms with Crippen molar-refractivity contribution in [3.8, 4) is 5.75 Å². The molecule has 6 heteroatoms. The van der Waals surface area contributed by atoms with Crippen LogP contribution in [0.1, 0.15) is 19.3 Å². The number of hydrogen-bond acceptors (Lipinski definition) is 4. The zero-order valence-corrected chi connectivity index (χ0v) is 14.8. The summed E-state index contributed by atoms with van der Waals surface area (Å²) in [5, 5.41) is 11.9. The Morgan fingerprint density at radius 3 is 2.19 bits per heavy atom. The largest absolute Gasteiger partial charge is 0.508 e. The lowest BCUT2D eigenvalue weighted by Gasteiger charge is -2.28. The van der Waals surface area contributed by atoms with E-state index >= 15 is 0 Å². The van der Waals surface area contributed by atoms with Gasteiger partial charge < -0.3 is 20.2 Å². The summed E-state index contributed by atoms with van der Waals surface area (Å²) < 4.78 is 0. The minimum absolute atomic E-state index is 0.104. The maximum absolute atomic E-state index is 12.3. The van der Waals surface area contributed by atoms with Crippen LogP contribution in [0.2, 0.25) is 0 Å². The molecular formula is C20H23N3O3. The van der Waals surface area contributed by atoms with Crippen LogP contribution in [0.5, 0.6) is 5.75 Å². The number of benzene rings is 2. The number of likely N-dealkylation sites (N-methyl/N-ethyl adjacent to an activating group) is 1. The molecule has 1 saturated heterocycles. The zero-order chi connectivity index (χ0) is 18.5. The van der Waals surface area contributed by atoms with Crippen LogP contribution in [-0.2, 0) is 9.59 Å². The number of nitrogens with one attached hydrogen (secondary N) is 1. The number of piperidine rings is 1. The van der Waals surface area contributed by atoms with Crippen molar-refractivity contribution in [3.63, 3.8) is 0 Å². The van der Waals surface area contributed by atoms with Crippen molar-refractivity contribution in [2.24, 2.45) is 0 Å². The molecule has 0 bridgehead atoms. The van der Waals surface area contributed by atoms with Crippen molar-refractivity contribution in [2.75, 3.05) is 35.3 Å². The van der Waals surface area contributed by atoms with E-state index in [-0.39, 0.29) is 5.75 Å². The lowest BCUT2D eigenvalue weighted by Crippen LogP contribution is -2.37. The van der Waals surface area contributed by atoms with Crippen molar-refractivity contribution in [1.82, 2.24) is 0 Å². The summed E-state index contributed by atoms with van der Waals surface area (Å²) in [5.74, 6) is -1.27. The van der Waals surface area contributed by atoms with Gasteiger partial charge in [0.1, 0.15) is 5.75 Å². The maximum Gasteiger partial charge on any atom is 0.316 e. The molecule has 1 aliphatic heterocycles. The summed E-state index contributed by atoms with van der Waals surface area (Å²) in [4.78, 5) is 28.1. The summed E-state index contributed by atoms with van der Waals surface area (Å²) in [7, 11) is 1.52. The number of carbonyl (C=O) groups excluding carboxylic acids is 2. The molecule has 26 heavy (non-hydrogen) atoms. The van der Waals surface area contributed by atoms with E-state index in [2.05, 4.69) is 10.2 Å². The zero-order valence-electron chi connectivity index (χ0n) is 14.8. The second-order valence-corrected chi connectivity index (χ2v) is 6.43. The number of phenols is 1. The Morgan fingerprint density at radius 2 is 1.58 bits per heavy atom. The van der Waals surface area contributed by atoms with Crippen molar-refractivity contribution in [1.29, 1.82) is 0 Å². The fraction of sp³-hybridized carbons (Fsp3) is 0.300. The molecule has 1 fully saturated rings. The fourth-order valence-electron chi connectivity index (χ4n) is 3.04. The normalized spacial score (nSPS) is 14.0. The molecule has 0 atom stereocenters. The van der Waals surface area contributed by atoms with Gasteiger partial charge in [-0.3, -0.25) is 9.59 Å². The van der Waals surface area contributed by atoms with Gasteiger partial charge in [-0.05, 0) is 67.8 Å². The van der Waals surface area contributed by atoms with Crippen LogP contribution in [0.4, 0.5) is 17.1 Å². The highest BCUT2D eigenvalue weighted by Crippen LogP contribution is 2.22. The van der Waals surface area contributed by atoms with Crippen molar-refractivity contribution >= 4 is 28.9 Å². The number of nitrogens with zero attached hydrogens (tertiary/aromatic N) is 2. The number of hydrogen-bond donors (Lipinski definition) is 2. The van der Waals surface area contributed by atoms with Crippen LogP contribution in [0.25, 0.3) is 0 Å². The lowest BCUT2D eigenvalue weighted by molar-refractivity contribution is -0.134. The standard InChI is InChI=1S/C20H23N3O3/c1-22(16-9-11-18(24)12-10-16)20(26)19(25)21-15-5-7-17(8-6-15)23-13-3-2-4-14-23/h5-12,24H,2-4,13-14H2,1H3,(H,21,25). The van der Waals surface area contributed by atoms with Crippen molar-refractivity contribution in [3.05, 3.63) is 48.5 Å². The Kier molecular flexibility index (Phi) is 5.41. The van der Waals surface area contributed by atoms with Crippen molar-refractivity contribution in [2.45, 2.75) is 19.3 Å². The van der Waals surface area contributed by atoms with Crippen molar-refractivity contribution < 1.29 is 14.7 Å². The Morgan fingerprint density at radius 1 is 0.962 bits per heavy atom. The summed E-state index contributed by atoms with van der Waals surface area (Å²) in [6, 6.07) is 13.7. The molecule has 0 aliphatic carbocycles. The number of aromatic hydroxyl groups is 1. The van der Waals surface area contributed by atoms with Gasteiger partial charge in [0.2, 0.25) is 0 Å². The third-order valence-corrected chi connectivity index (χ3v) is 4.58. The topological polar surface area (TPSA) is 72.9 Å². The summed E-state index contributed by atoms with van der Waals surface area (Å²) in [6.07, 6.45) is 3.69. The van der Waals surface area contributed by atoms with Gasteiger partial charge in [0, 0.05) is 37.2 Å². The third-order valence-electron chi connectivity index (χ3n) is 4.58. The quantitative estimate of drug-likeness (QED) is 0.832. The van der Waals surface area contributed by atoms with Gasteiger partial charge in [-0.15, -0.1) is 0 Å². The Bertz CT molecular complexity index is 766. The van der Waals surface area contributed by atoms with E-state index in [4.69, 9.17) is 0 Å². The molecule has 136 valence electrons. The molecule has 2 amide bonds. The molecule has 0 spiro atoms. The molecule has 0 unspecified atom stereocenters. The van der Waals surface area contributed by atoms with Gasteiger partial charge in [0.15, 0.2) is 0 Å². The number of carbonyl (C=O) groups is 2. The summed E-state index contributed by atoms with van der Waals surface area (Å²) in [6.45, 7) is 2.11. The molecule has 0 radical (unpaired) electrons. The average Bonchev–Trinajstić information content (AvgIpc) is 2.68. The highest BCUT2D eigenvalue weighted by Gasteiger charge is 2.20. The molecule has 6 nitrogen and oxygen atoms in total. The molecule has 1 aliphatic rings. The van der Waals surface area contributed by atoms with Gasteiger partial charge in [0.25, 0.3) is 0 Å². The summed E-state index contributed by atoms with van der Waals surface area (Å²) >= 11 is 0. The van der Waals surface area contributed by atoms with E-state index < -0.39 is 11.8 Å². The van der Waals surface area contributed by atoms with Crippen LogP contribution < -0.4 is 15.1 Å². The third kappa shape index (κ3) is 4.14. The summed E-state index contributed by atoms with van der Waals surface area (Å²) in [5.41, 5.74) is 2.25. The van der Waals surface area contributed by atoms with Gasteiger partial charge >= 0.3 is 11.8 Å². The maximum atomic E-state index is 12.3. The van der Waals surface area contributed by atoms with E-state index in [1.54, 1.807) is 12.1 Å². The minimum atomic E-state index is -0.703. The van der Waals surface area contributed by atoms with E-state index in [0.717, 1.165) is 18.8 Å². The molecule has 0 aromatic heterocycles. The number of amides is 2. The first-order valence-electron chi connectivity index (χ1n) is 8.78. The van der Waals surface area contributed by atoms with Crippen LogP contribution in [0, 0.1) is 0 Å². The first-order valence-corrected chi connectivity index (χ1v) is 8.78. The van der Waals surface area contributed by atoms with Gasteiger partial charge in [-0.25, -0.2) is 0 Å². The van der Waals surface area contributed by atoms with E-state index in [9.17, 15) is 14.7 Å². The molecule has 1 heterocycles. The molecule has 3 rings (SSSR count). The molecule has 2 N–H and O–H groups in total. The minimum Gasteiger partial charge on any atom is -0.508 e. The van der Waals surface area contributed by atoms with Gasteiger partial charge in [-0.2, -0.15) is 0 Å². The fourth-order valence-corrected chi connectivity index (χ4v) is 3.04. The first-order chi connectivity index (χ1) is 12.5. The highest BCUT2D eigenvalue weighted by atomic mass is 16.3. The van der Waals surface area contributed by atoms with Gasteiger partial charge in [0.05, 0.1) is 0 Å². The average molecular weight is 353 g/mol. The molecule has 2 aromatic carbocycles.